The summed E-state index contributed by atoms with van der Waals surface area (Å²) in [6.07, 6.45) is 0.0375. The Hall–Kier alpha value is -2.35. The molecule has 0 aliphatic carbocycles. The van der Waals surface area contributed by atoms with Gasteiger partial charge in [0.25, 0.3) is 0 Å². The number of carbonyl (C=O) groups excluding carboxylic acids is 2. The predicted molar refractivity (Wildman–Crippen MR) is 86.8 cm³/mol. The molecule has 1 saturated heterocycles. The molecule has 1 fully saturated rings. The van der Waals surface area contributed by atoms with Crippen molar-refractivity contribution >= 4 is 40.4 Å². The highest BCUT2D eigenvalue weighted by atomic mass is 32.2. The average Bonchev–Trinajstić information content (AvgIpc) is 3.05. The number of rotatable bonds is 4. The van der Waals surface area contributed by atoms with Crippen LogP contribution in [0.25, 0.3) is 0 Å². The normalized spacial score (nSPS) is 19.5. The van der Waals surface area contributed by atoms with Crippen LogP contribution in [-0.2, 0) is 9.59 Å². The van der Waals surface area contributed by atoms with E-state index >= 15 is 0 Å². The standard InChI is InChI=1S/C15H15N3O4S/c1-8-2-3-9(14(21)22)6-10(8)17-12(19)7-11-13(20)18-5-4-16-15(18)23-11/h2-3,6,11H,4-5,7H2,1H3,(H,17,19)(H,21,22)/t11-/m0/s1. The van der Waals surface area contributed by atoms with Crippen molar-refractivity contribution in [2.45, 2.75) is 18.6 Å². The van der Waals surface area contributed by atoms with Gasteiger partial charge in [0.15, 0.2) is 5.17 Å². The number of thioether (sulfide) groups is 1. The van der Waals surface area contributed by atoms with Crippen molar-refractivity contribution in [1.82, 2.24) is 4.90 Å². The third-order valence-corrected chi connectivity index (χ3v) is 4.93. The van der Waals surface area contributed by atoms with E-state index in [1.165, 1.54) is 23.9 Å². The molecule has 0 aromatic heterocycles. The first kappa shape index (κ1) is 15.5. The van der Waals surface area contributed by atoms with E-state index in [-0.39, 0.29) is 23.8 Å². The maximum atomic E-state index is 12.2. The minimum Gasteiger partial charge on any atom is -0.478 e. The van der Waals surface area contributed by atoms with E-state index in [0.717, 1.165) is 5.56 Å². The number of amides is 2. The first-order chi connectivity index (χ1) is 11.0. The molecule has 1 aromatic carbocycles. The SMILES string of the molecule is Cc1ccc(C(=O)O)cc1NC(=O)C[C@@H]1SC2=NCCN2C1=O. The second-order valence-electron chi connectivity index (χ2n) is 5.35. The topological polar surface area (TPSA) is 99.1 Å². The number of carboxylic acid groups (broad SMARTS) is 1. The van der Waals surface area contributed by atoms with Crippen LogP contribution in [0, 0.1) is 6.92 Å². The number of carbonyl (C=O) groups is 3. The van der Waals surface area contributed by atoms with Gasteiger partial charge in [0.2, 0.25) is 11.8 Å². The lowest BCUT2D eigenvalue weighted by molar-refractivity contribution is -0.127. The molecular weight excluding hydrogens is 318 g/mol. The Kier molecular flexibility index (Phi) is 4.08. The molecule has 0 radical (unpaired) electrons. The number of aliphatic imine (C=N–C) groups is 1. The fourth-order valence-electron chi connectivity index (χ4n) is 2.47. The third kappa shape index (κ3) is 3.07. The molecule has 2 heterocycles. The number of aromatic carboxylic acids is 1. The number of amidine groups is 1. The van der Waals surface area contributed by atoms with Gasteiger partial charge in [-0.3, -0.25) is 19.5 Å². The van der Waals surface area contributed by atoms with Gasteiger partial charge in [0, 0.05) is 18.7 Å². The van der Waals surface area contributed by atoms with E-state index < -0.39 is 11.2 Å². The first-order valence-corrected chi connectivity index (χ1v) is 8.00. The van der Waals surface area contributed by atoms with E-state index in [9.17, 15) is 14.4 Å². The van der Waals surface area contributed by atoms with Crippen LogP contribution < -0.4 is 5.32 Å². The lowest BCUT2D eigenvalue weighted by Gasteiger charge is -2.12. The minimum atomic E-state index is -1.05. The Morgan fingerprint density at radius 1 is 1.48 bits per heavy atom. The van der Waals surface area contributed by atoms with Crippen LogP contribution in [0.4, 0.5) is 5.69 Å². The van der Waals surface area contributed by atoms with Crippen LogP contribution >= 0.6 is 11.8 Å². The van der Waals surface area contributed by atoms with Crippen molar-refractivity contribution < 1.29 is 19.5 Å². The van der Waals surface area contributed by atoms with Crippen molar-refractivity contribution in [3.05, 3.63) is 29.3 Å². The molecule has 0 spiro atoms. The smallest absolute Gasteiger partial charge is 0.335 e. The second kappa shape index (κ2) is 6.04. The van der Waals surface area contributed by atoms with E-state index in [4.69, 9.17) is 5.11 Å². The molecule has 7 nitrogen and oxygen atoms in total. The maximum Gasteiger partial charge on any atom is 0.335 e. The molecule has 1 aromatic rings. The lowest BCUT2D eigenvalue weighted by Crippen LogP contribution is -2.32. The molecule has 2 amide bonds. The monoisotopic (exact) mass is 333 g/mol. The van der Waals surface area contributed by atoms with Crippen LogP contribution in [0.5, 0.6) is 0 Å². The number of anilines is 1. The summed E-state index contributed by atoms with van der Waals surface area (Å²) in [6, 6.07) is 4.54. The highest BCUT2D eigenvalue weighted by molar-refractivity contribution is 8.15. The van der Waals surface area contributed by atoms with Crippen LogP contribution in [-0.4, -0.2) is 51.3 Å². The van der Waals surface area contributed by atoms with E-state index in [1.54, 1.807) is 17.9 Å². The zero-order valence-electron chi connectivity index (χ0n) is 12.4. The molecule has 2 aliphatic rings. The Labute approximate surface area is 136 Å². The number of nitrogens with zero attached hydrogens (tertiary/aromatic N) is 2. The average molecular weight is 333 g/mol. The number of aryl methyl sites for hydroxylation is 1. The molecular formula is C15H15N3O4S. The lowest BCUT2D eigenvalue weighted by atomic mass is 10.1. The van der Waals surface area contributed by atoms with Crippen molar-refractivity contribution in [1.29, 1.82) is 0 Å². The summed E-state index contributed by atoms with van der Waals surface area (Å²) in [5.74, 6) is -1.46. The van der Waals surface area contributed by atoms with Gasteiger partial charge >= 0.3 is 5.97 Å². The first-order valence-electron chi connectivity index (χ1n) is 7.12. The van der Waals surface area contributed by atoms with E-state index in [2.05, 4.69) is 10.3 Å². The number of hydrogen-bond donors (Lipinski definition) is 2. The van der Waals surface area contributed by atoms with Crippen molar-refractivity contribution in [3.8, 4) is 0 Å². The summed E-state index contributed by atoms with van der Waals surface area (Å²) < 4.78 is 0. The molecule has 120 valence electrons. The molecule has 0 bridgehead atoms. The Morgan fingerprint density at radius 3 is 2.96 bits per heavy atom. The summed E-state index contributed by atoms with van der Waals surface area (Å²) >= 11 is 1.31. The summed E-state index contributed by atoms with van der Waals surface area (Å²) in [6.45, 7) is 2.98. The van der Waals surface area contributed by atoms with Crippen LogP contribution in [0.1, 0.15) is 22.3 Å². The quantitative estimate of drug-likeness (QED) is 0.866. The van der Waals surface area contributed by atoms with Gasteiger partial charge < -0.3 is 10.4 Å². The number of carboxylic acids is 1. The van der Waals surface area contributed by atoms with Crippen LogP contribution in [0.15, 0.2) is 23.2 Å². The highest BCUT2D eigenvalue weighted by Crippen LogP contribution is 2.32. The van der Waals surface area contributed by atoms with Crippen LogP contribution in [0.3, 0.4) is 0 Å². The molecule has 2 N–H and O–H groups in total. The van der Waals surface area contributed by atoms with Gasteiger partial charge in [0.1, 0.15) is 5.25 Å². The van der Waals surface area contributed by atoms with Gasteiger partial charge in [-0.1, -0.05) is 17.8 Å². The summed E-state index contributed by atoms with van der Waals surface area (Å²) in [5.41, 5.74) is 1.31. The molecule has 2 aliphatic heterocycles. The number of benzene rings is 1. The summed E-state index contributed by atoms with van der Waals surface area (Å²) in [4.78, 5) is 41.2. The third-order valence-electron chi connectivity index (χ3n) is 3.72. The molecule has 3 rings (SSSR count). The highest BCUT2D eigenvalue weighted by Gasteiger charge is 2.40. The van der Waals surface area contributed by atoms with Crippen molar-refractivity contribution in [3.63, 3.8) is 0 Å². The zero-order chi connectivity index (χ0) is 16.6. The van der Waals surface area contributed by atoms with Crippen molar-refractivity contribution in [2.24, 2.45) is 4.99 Å². The molecule has 0 saturated carbocycles. The number of fused-ring (bicyclic) bond motifs is 1. The maximum absolute atomic E-state index is 12.2. The summed E-state index contributed by atoms with van der Waals surface area (Å²) in [5, 5.41) is 11.9. The summed E-state index contributed by atoms with van der Waals surface area (Å²) in [7, 11) is 0. The molecule has 0 unspecified atom stereocenters. The predicted octanol–water partition coefficient (Wildman–Crippen LogP) is 1.34. The molecule has 1 atom stereocenters. The van der Waals surface area contributed by atoms with E-state index in [1.807, 2.05) is 0 Å². The van der Waals surface area contributed by atoms with Gasteiger partial charge in [-0.15, -0.1) is 0 Å². The van der Waals surface area contributed by atoms with Gasteiger partial charge in [0.05, 0.1) is 12.1 Å². The largest absolute Gasteiger partial charge is 0.478 e. The second-order valence-corrected chi connectivity index (χ2v) is 6.52. The minimum absolute atomic E-state index is 0.0375. The Morgan fingerprint density at radius 2 is 2.26 bits per heavy atom. The van der Waals surface area contributed by atoms with Gasteiger partial charge in [-0.25, -0.2) is 4.79 Å². The number of nitrogens with one attached hydrogen (secondary N) is 1. The fourth-order valence-corrected chi connectivity index (χ4v) is 3.66. The number of hydrogen-bond acceptors (Lipinski definition) is 5. The zero-order valence-corrected chi connectivity index (χ0v) is 13.2. The Bertz CT molecular complexity index is 731. The van der Waals surface area contributed by atoms with Gasteiger partial charge in [-0.05, 0) is 24.6 Å². The Balaban J connectivity index is 1.67. The van der Waals surface area contributed by atoms with Crippen molar-refractivity contribution in [2.75, 3.05) is 18.4 Å². The fraction of sp³-hybridized carbons (Fsp3) is 0.333. The molecule has 23 heavy (non-hydrogen) atoms. The van der Waals surface area contributed by atoms with E-state index in [0.29, 0.717) is 23.9 Å². The van der Waals surface area contributed by atoms with Crippen LogP contribution in [0.2, 0.25) is 0 Å². The van der Waals surface area contributed by atoms with Gasteiger partial charge in [-0.2, -0.15) is 0 Å². The molecule has 8 heteroatoms.